The number of rotatable bonds is 2. The van der Waals surface area contributed by atoms with E-state index in [-0.39, 0.29) is 0 Å². The summed E-state index contributed by atoms with van der Waals surface area (Å²) in [5, 5.41) is 0.542. The number of aryl methyl sites for hydroxylation is 2. The van der Waals surface area contributed by atoms with Crippen LogP contribution >= 0.6 is 11.6 Å². The highest BCUT2D eigenvalue weighted by molar-refractivity contribution is 6.30. The number of hydrogen-bond acceptors (Lipinski definition) is 3. The molecular formula is C14H17ClN4. The molecule has 0 spiro atoms. The van der Waals surface area contributed by atoms with E-state index in [1.54, 1.807) is 0 Å². The molecule has 0 bridgehead atoms. The Kier molecular flexibility index (Phi) is 3.27. The standard InChI is InChI=1S/C14H17ClN4/c1-3-12-17-13(15)9(2)14(18-12)19-8-16-10-6-4-5-7-11(10)19/h8H,3-7H2,1-2H3. The van der Waals surface area contributed by atoms with E-state index in [4.69, 9.17) is 11.6 Å². The van der Waals surface area contributed by atoms with Gasteiger partial charge in [-0.1, -0.05) is 18.5 Å². The first-order chi connectivity index (χ1) is 9.20. The zero-order chi connectivity index (χ0) is 13.4. The molecule has 0 saturated carbocycles. The molecule has 1 aliphatic carbocycles. The number of halogens is 1. The topological polar surface area (TPSA) is 43.6 Å². The second-order valence-corrected chi connectivity index (χ2v) is 5.31. The second kappa shape index (κ2) is 4.93. The Morgan fingerprint density at radius 3 is 2.84 bits per heavy atom. The van der Waals surface area contributed by atoms with E-state index in [0.717, 1.165) is 36.5 Å². The number of fused-ring (bicyclic) bond motifs is 1. The van der Waals surface area contributed by atoms with E-state index in [1.807, 2.05) is 20.2 Å². The van der Waals surface area contributed by atoms with Gasteiger partial charge in [0.05, 0.1) is 5.69 Å². The lowest BCUT2D eigenvalue weighted by Gasteiger charge is -2.15. The quantitative estimate of drug-likeness (QED) is 0.792. The molecule has 5 heteroatoms. The number of hydrogen-bond donors (Lipinski definition) is 0. The molecule has 0 aromatic carbocycles. The van der Waals surface area contributed by atoms with E-state index in [2.05, 4.69) is 19.5 Å². The van der Waals surface area contributed by atoms with Crippen LogP contribution in [-0.4, -0.2) is 19.5 Å². The first-order valence-electron chi connectivity index (χ1n) is 6.79. The minimum absolute atomic E-state index is 0.542. The van der Waals surface area contributed by atoms with Crippen LogP contribution in [0.1, 0.15) is 42.5 Å². The van der Waals surface area contributed by atoms with Crippen LogP contribution < -0.4 is 0 Å². The van der Waals surface area contributed by atoms with Gasteiger partial charge in [-0.2, -0.15) is 0 Å². The van der Waals surface area contributed by atoms with E-state index in [0.29, 0.717) is 5.15 Å². The molecule has 0 N–H and O–H groups in total. The maximum absolute atomic E-state index is 6.21. The van der Waals surface area contributed by atoms with Crippen molar-refractivity contribution in [3.05, 3.63) is 34.3 Å². The predicted molar refractivity (Wildman–Crippen MR) is 74.9 cm³/mol. The summed E-state index contributed by atoms with van der Waals surface area (Å²) in [4.78, 5) is 13.4. The fraction of sp³-hybridized carbons (Fsp3) is 0.500. The van der Waals surface area contributed by atoms with Gasteiger partial charge in [-0.15, -0.1) is 0 Å². The molecule has 0 aliphatic heterocycles. The maximum Gasteiger partial charge on any atom is 0.146 e. The third-order valence-electron chi connectivity index (χ3n) is 3.68. The summed E-state index contributed by atoms with van der Waals surface area (Å²) in [5.41, 5.74) is 3.41. The normalized spacial score (nSPS) is 14.5. The van der Waals surface area contributed by atoms with Crippen LogP contribution in [0.5, 0.6) is 0 Å². The Bertz CT molecular complexity index is 618. The number of imidazole rings is 1. The molecule has 0 saturated heterocycles. The lowest BCUT2D eigenvalue weighted by atomic mass is 10.0. The van der Waals surface area contributed by atoms with Crippen LogP contribution in [-0.2, 0) is 19.3 Å². The van der Waals surface area contributed by atoms with Crippen molar-refractivity contribution in [2.75, 3.05) is 0 Å². The predicted octanol–water partition coefficient (Wildman–Crippen LogP) is 3.07. The molecule has 1 aliphatic rings. The van der Waals surface area contributed by atoms with Crippen molar-refractivity contribution in [1.29, 1.82) is 0 Å². The highest BCUT2D eigenvalue weighted by atomic mass is 35.5. The van der Waals surface area contributed by atoms with E-state index in [9.17, 15) is 0 Å². The molecule has 2 heterocycles. The Morgan fingerprint density at radius 2 is 2.05 bits per heavy atom. The summed E-state index contributed by atoms with van der Waals surface area (Å²) in [5.74, 6) is 1.66. The van der Waals surface area contributed by atoms with Crippen molar-refractivity contribution >= 4 is 11.6 Å². The highest BCUT2D eigenvalue weighted by Crippen LogP contribution is 2.26. The van der Waals surface area contributed by atoms with Crippen molar-refractivity contribution < 1.29 is 0 Å². The highest BCUT2D eigenvalue weighted by Gasteiger charge is 2.19. The Morgan fingerprint density at radius 1 is 1.26 bits per heavy atom. The van der Waals surface area contributed by atoms with E-state index in [1.165, 1.54) is 24.2 Å². The molecule has 2 aromatic rings. The SMILES string of the molecule is CCc1nc(Cl)c(C)c(-n2cnc3c2CCCC3)n1. The van der Waals surface area contributed by atoms with Crippen molar-refractivity contribution in [3.63, 3.8) is 0 Å². The van der Waals surface area contributed by atoms with Gasteiger partial charge in [-0.25, -0.2) is 15.0 Å². The molecular weight excluding hydrogens is 260 g/mol. The smallest absolute Gasteiger partial charge is 0.146 e. The van der Waals surface area contributed by atoms with Crippen LogP contribution in [0.4, 0.5) is 0 Å². The molecule has 3 rings (SSSR count). The van der Waals surface area contributed by atoms with Crippen molar-refractivity contribution in [3.8, 4) is 5.82 Å². The summed E-state index contributed by atoms with van der Waals surface area (Å²) in [7, 11) is 0. The molecule has 0 atom stereocenters. The summed E-state index contributed by atoms with van der Waals surface area (Å²) in [6.07, 6.45) is 7.24. The zero-order valence-electron chi connectivity index (χ0n) is 11.3. The summed E-state index contributed by atoms with van der Waals surface area (Å²) in [6, 6.07) is 0. The van der Waals surface area contributed by atoms with Crippen LogP contribution in [0.3, 0.4) is 0 Å². The molecule has 0 fully saturated rings. The van der Waals surface area contributed by atoms with Gasteiger partial charge in [0.2, 0.25) is 0 Å². The molecule has 0 radical (unpaired) electrons. The molecule has 0 amide bonds. The summed E-state index contributed by atoms with van der Waals surface area (Å²) < 4.78 is 2.09. The van der Waals surface area contributed by atoms with Crippen molar-refractivity contribution in [1.82, 2.24) is 19.5 Å². The van der Waals surface area contributed by atoms with Crippen molar-refractivity contribution in [2.24, 2.45) is 0 Å². The summed E-state index contributed by atoms with van der Waals surface area (Å²) in [6.45, 7) is 4.00. The molecule has 0 unspecified atom stereocenters. The van der Waals surface area contributed by atoms with Crippen LogP contribution in [0, 0.1) is 6.92 Å². The first kappa shape index (κ1) is 12.6. The second-order valence-electron chi connectivity index (χ2n) is 4.95. The minimum atomic E-state index is 0.542. The van der Waals surface area contributed by atoms with Gasteiger partial charge in [0.25, 0.3) is 0 Å². The molecule has 4 nitrogen and oxygen atoms in total. The Labute approximate surface area is 117 Å². The first-order valence-corrected chi connectivity index (χ1v) is 7.17. The van der Waals surface area contributed by atoms with E-state index < -0.39 is 0 Å². The van der Waals surface area contributed by atoms with Gasteiger partial charge < -0.3 is 0 Å². The van der Waals surface area contributed by atoms with Gasteiger partial charge in [0.1, 0.15) is 23.1 Å². The molecule has 100 valence electrons. The monoisotopic (exact) mass is 276 g/mol. The van der Waals surface area contributed by atoms with E-state index >= 15 is 0 Å². The third kappa shape index (κ3) is 2.14. The molecule has 19 heavy (non-hydrogen) atoms. The summed E-state index contributed by atoms with van der Waals surface area (Å²) >= 11 is 6.21. The Balaban J connectivity index is 2.16. The Hall–Kier alpha value is -1.42. The maximum atomic E-state index is 6.21. The number of aromatic nitrogens is 4. The van der Waals surface area contributed by atoms with Gasteiger partial charge in [-0.05, 0) is 32.6 Å². The average molecular weight is 277 g/mol. The van der Waals surface area contributed by atoms with Gasteiger partial charge >= 0.3 is 0 Å². The van der Waals surface area contributed by atoms with Crippen LogP contribution in [0.2, 0.25) is 5.15 Å². The third-order valence-corrected chi connectivity index (χ3v) is 4.05. The zero-order valence-corrected chi connectivity index (χ0v) is 12.0. The van der Waals surface area contributed by atoms with Crippen LogP contribution in [0.15, 0.2) is 6.33 Å². The largest absolute Gasteiger partial charge is 0.287 e. The van der Waals surface area contributed by atoms with Gasteiger partial charge in [0, 0.05) is 17.7 Å². The van der Waals surface area contributed by atoms with Gasteiger partial charge in [-0.3, -0.25) is 4.57 Å². The molecule has 2 aromatic heterocycles. The van der Waals surface area contributed by atoms with Crippen molar-refractivity contribution in [2.45, 2.75) is 46.0 Å². The lowest BCUT2D eigenvalue weighted by Crippen LogP contribution is -2.11. The average Bonchev–Trinajstić information content (AvgIpc) is 2.85. The van der Waals surface area contributed by atoms with Crippen LogP contribution in [0.25, 0.3) is 5.82 Å². The fourth-order valence-electron chi connectivity index (χ4n) is 2.56. The lowest BCUT2D eigenvalue weighted by molar-refractivity contribution is 0.652. The minimum Gasteiger partial charge on any atom is -0.287 e. The van der Waals surface area contributed by atoms with Gasteiger partial charge in [0.15, 0.2) is 0 Å². The number of nitrogens with zero attached hydrogens (tertiary/aromatic N) is 4. The fourth-order valence-corrected chi connectivity index (χ4v) is 2.75.